The third-order valence-electron chi connectivity index (χ3n) is 4.18. The zero-order valence-corrected chi connectivity index (χ0v) is 12.7. The summed E-state index contributed by atoms with van der Waals surface area (Å²) >= 11 is 3.41. The molecule has 2 fully saturated rings. The highest BCUT2D eigenvalue weighted by atomic mass is 79.9. The molecule has 0 spiro atoms. The smallest absolute Gasteiger partial charge is 0.230 e. The van der Waals surface area contributed by atoms with Crippen LogP contribution in [0.5, 0.6) is 0 Å². The van der Waals surface area contributed by atoms with E-state index in [1.807, 2.05) is 24.3 Å². The maximum Gasteiger partial charge on any atom is 0.230 e. The molecule has 1 heterocycles. The van der Waals surface area contributed by atoms with Crippen molar-refractivity contribution in [3.8, 4) is 0 Å². The van der Waals surface area contributed by atoms with E-state index < -0.39 is 0 Å². The largest absolute Gasteiger partial charge is 0.354 e. The molecule has 1 unspecified atom stereocenters. The van der Waals surface area contributed by atoms with E-state index in [9.17, 15) is 9.59 Å². The fourth-order valence-electron chi connectivity index (χ4n) is 2.72. The minimum Gasteiger partial charge on any atom is -0.354 e. The maximum absolute atomic E-state index is 12.5. The van der Waals surface area contributed by atoms with Crippen molar-refractivity contribution in [1.29, 1.82) is 0 Å². The minimum atomic E-state index is -0.345. The number of hydrogen-bond donors (Lipinski definition) is 2. The molecular weight excluding hydrogens is 320 g/mol. The summed E-state index contributed by atoms with van der Waals surface area (Å²) in [5, 5.41) is 5.89. The molecule has 1 atom stereocenters. The first-order chi connectivity index (χ1) is 9.60. The molecule has 20 heavy (non-hydrogen) atoms. The summed E-state index contributed by atoms with van der Waals surface area (Å²) in [5.74, 6) is 0.172. The zero-order valence-electron chi connectivity index (χ0n) is 11.1. The number of amides is 2. The van der Waals surface area contributed by atoms with Gasteiger partial charge in [-0.25, -0.2) is 0 Å². The molecule has 2 aliphatic rings. The van der Waals surface area contributed by atoms with Gasteiger partial charge in [-0.2, -0.15) is 0 Å². The Hall–Kier alpha value is -1.36. The minimum absolute atomic E-state index is 0.0631. The molecular formula is C15H17BrN2O2. The van der Waals surface area contributed by atoms with Gasteiger partial charge in [0.05, 0.1) is 5.41 Å². The van der Waals surface area contributed by atoms with Gasteiger partial charge in [0.2, 0.25) is 11.8 Å². The summed E-state index contributed by atoms with van der Waals surface area (Å²) < 4.78 is 1.02. The summed E-state index contributed by atoms with van der Waals surface area (Å²) in [6, 6.07) is 8.04. The molecule has 0 radical (unpaired) electrons. The van der Waals surface area contributed by atoms with E-state index >= 15 is 0 Å². The molecule has 0 aromatic heterocycles. The molecule has 4 nitrogen and oxygen atoms in total. The predicted octanol–water partition coefficient (Wildman–Crippen LogP) is 1.88. The van der Waals surface area contributed by atoms with Gasteiger partial charge >= 0.3 is 0 Å². The molecule has 1 aliphatic carbocycles. The van der Waals surface area contributed by atoms with Gasteiger partial charge < -0.3 is 10.6 Å². The Kier molecular flexibility index (Phi) is 3.54. The van der Waals surface area contributed by atoms with Gasteiger partial charge in [0.25, 0.3) is 0 Å². The van der Waals surface area contributed by atoms with E-state index in [1.165, 1.54) is 0 Å². The number of carbonyl (C=O) groups excluding carboxylic acids is 2. The highest BCUT2D eigenvalue weighted by Gasteiger charge is 2.51. The number of halogens is 1. The monoisotopic (exact) mass is 336 g/mol. The van der Waals surface area contributed by atoms with Gasteiger partial charge in [0.1, 0.15) is 0 Å². The van der Waals surface area contributed by atoms with Crippen LogP contribution in [-0.2, 0) is 15.0 Å². The second kappa shape index (κ2) is 5.20. The third-order valence-corrected chi connectivity index (χ3v) is 4.71. The summed E-state index contributed by atoms with van der Waals surface area (Å²) in [6.45, 7) is 0.543. The normalized spacial score (nSPS) is 23.9. The van der Waals surface area contributed by atoms with Crippen LogP contribution in [0.4, 0.5) is 0 Å². The van der Waals surface area contributed by atoms with Crippen LogP contribution in [0.2, 0.25) is 0 Å². The average Bonchev–Trinajstić information content (AvgIpc) is 3.24. The lowest BCUT2D eigenvalue weighted by atomic mass is 9.94. The lowest BCUT2D eigenvalue weighted by Gasteiger charge is -2.26. The zero-order chi connectivity index (χ0) is 14.2. The van der Waals surface area contributed by atoms with Crippen LogP contribution in [0.25, 0.3) is 0 Å². The lowest BCUT2D eigenvalue weighted by Crippen LogP contribution is -2.50. The van der Waals surface area contributed by atoms with Gasteiger partial charge in [-0.05, 0) is 37.0 Å². The van der Waals surface area contributed by atoms with Crippen LogP contribution in [0.1, 0.15) is 31.2 Å². The van der Waals surface area contributed by atoms with Crippen LogP contribution in [0.15, 0.2) is 28.7 Å². The van der Waals surface area contributed by atoms with Gasteiger partial charge in [-0.3, -0.25) is 9.59 Å². The van der Waals surface area contributed by atoms with E-state index in [0.29, 0.717) is 13.0 Å². The highest BCUT2D eigenvalue weighted by molar-refractivity contribution is 9.10. The van der Waals surface area contributed by atoms with Gasteiger partial charge in [0.15, 0.2) is 0 Å². The lowest BCUT2D eigenvalue weighted by molar-refractivity contribution is -0.127. The Morgan fingerprint density at radius 1 is 1.30 bits per heavy atom. The number of rotatable bonds is 3. The Balaban J connectivity index is 1.67. The maximum atomic E-state index is 12.5. The Labute approximate surface area is 126 Å². The van der Waals surface area contributed by atoms with Crippen molar-refractivity contribution in [3.05, 3.63) is 34.3 Å². The number of hydrogen-bond acceptors (Lipinski definition) is 2. The van der Waals surface area contributed by atoms with Crippen molar-refractivity contribution >= 4 is 27.7 Å². The van der Waals surface area contributed by atoms with Gasteiger partial charge in [-0.15, -0.1) is 0 Å². The van der Waals surface area contributed by atoms with E-state index in [-0.39, 0.29) is 23.3 Å². The molecule has 1 aromatic rings. The summed E-state index contributed by atoms with van der Waals surface area (Å²) in [5.41, 5.74) is 0.736. The predicted molar refractivity (Wildman–Crippen MR) is 79.2 cm³/mol. The molecule has 2 amide bonds. The fraction of sp³-hybridized carbons (Fsp3) is 0.467. The molecule has 106 valence electrons. The third kappa shape index (κ3) is 2.59. The Bertz CT molecular complexity index is 527. The van der Waals surface area contributed by atoms with Crippen LogP contribution in [0, 0.1) is 0 Å². The quantitative estimate of drug-likeness (QED) is 0.885. The molecule has 1 aliphatic heterocycles. The van der Waals surface area contributed by atoms with Crippen LogP contribution in [-0.4, -0.2) is 24.4 Å². The molecule has 1 saturated carbocycles. The highest BCUT2D eigenvalue weighted by Crippen LogP contribution is 2.48. The second-order valence-electron chi connectivity index (χ2n) is 5.60. The first-order valence-electron chi connectivity index (χ1n) is 6.94. The van der Waals surface area contributed by atoms with Crippen LogP contribution in [0.3, 0.4) is 0 Å². The second-order valence-corrected chi connectivity index (χ2v) is 6.52. The molecule has 1 aromatic carbocycles. The summed E-state index contributed by atoms with van der Waals surface area (Å²) in [4.78, 5) is 23.7. The molecule has 1 saturated heterocycles. The van der Waals surface area contributed by atoms with E-state index in [2.05, 4.69) is 26.6 Å². The Morgan fingerprint density at radius 3 is 2.55 bits per heavy atom. The van der Waals surface area contributed by atoms with Crippen molar-refractivity contribution in [2.45, 2.75) is 37.1 Å². The fourth-order valence-corrected chi connectivity index (χ4v) is 2.98. The van der Waals surface area contributed by atoms with E-state index in [0.717, 1.165) is 29.3 Å². The summed E-state index contributed by atoms with van der Waals surface area (Å²) in [7, 11) is 0. The summed E-state index contributed by atoms with van der Waals surface area (Å²) in [6.07, 6.45) is 3.03. The number of nitrogens with one attached hydrogen (secondary N) is 2. The molecule has 2 N–H and O–H groups in total. The number of piperidine rings is 1. The first-order valence-corrected chi connectivity index (χ1v) is 7.73. The van der Waals surface area contributed by atoms with E-state index in [4.69, 9.17) is 0 Å². The first kappa shape index (κ1) is 13.6. The van der Waals surface area contributed by atoms with E-state index in [1.54, 1.807) is 0 Å². The molecule has 0 bridgehead atoms. The molecule has 5 heteroatoms. The van der Waals surface area contributed by atoms with Crippen molar-refractivity contribution in [3.63, 3.8) is 0 Å². The van der Waals surface area contributed by atoms with Gasteiger partial charge in [0, 0.05) is 23.5 Å². The van der Waals surface area contributed by atoms with Crippen molar-refractivity contribution in [2.24, 2.45) is 0 Å². The standard InChI is InChI=1S/C15H17BrN2O2/c16-11-3-1-10(2-4-11)15(7-8-15)14(20)18-12-5-6-13(19)17-9-12/h1-4,12H,5-9H2,(H,17,19)(H,18,20). The average molecular weight is 337 g/mol. The van der Waals surface area contributed by atoms with Crippen molar-refractivity contribution < 1.29 is 9.59 Å². The van der Waals surface area contributed by atoms with Crippen LogP contribution >= 0.6 is 15.9 Å². The Morgan fingerprint density at radius 2 is 2.00 bits per heavy atom. The topological polar surface area (TPSA) is 58.2 Å². The number of carbonyl (C=O) groups is 2. The molecule has 3 rings (SSSR count). The SMILES string of the molecule is O=C1CCC(NC(=O)C2(c3ccc(Br)cc3)CC2)CN1. The van der Waals surface area contributed by atoms with Crippen LogP contribution < -0.4 is 10.6 Å². The number of benzene rings is 1. The van der Waals surface area contributed by atoms with Crippen molar-refractivity contribution in [2.75, 3.05) is 6.54 Å². The van der Waals surface area contributed by atoms with Gasteiger partial charge in [-0.1, -0.05) is 28.1 Å². The van der Waals surface area contributed by atoms with Crippen molar-refractivity contribution in [1.82, 2.24) is 10.6 Å².